The fourth-order valence-electron chi connectivity index (χ4n) is 2.74. The van der Waals surface area contributed by atoms with E-state index in [2.05, 4.69) is 0 Å². The third-order valence-electron chi connectivity index (χ3n) is 3.82. The number of hydrogen-bond donors (Lipinski definition) is 0. The summed E-state index contributed by atoms with van der Waals surface area (Å²) in [7, 11) is 0. The molecule has 0 bridgehead atoms. The van der Waals surface area contributed by atoms with Crippen LogP contribution in [0.1, 0.15) is 55.9 Å². The molecule has 1 fully saturated rings. The molecule has 0 saturated heterocycles. The van der Waals surface area contributed by atoms with Gasteiger partial charge in [-0.15, -0.1) is 11.6 Å². The third kappa shape index (κ3) is 3.68. The van der Waals surface area contributed by atoms with E-state index in [4.69, 9.17) is 11.6 Å². The molecule has 18 heavy (non-hydrogen) atoms. The van der Waals surface area contributed by atoms with Gasteiger partial charge in [0.1, 0.15) is 0 Å². The van der Waals surface area contributed by atoms with Crippen molar-refractivity contribution < 1.29 is 8.78 Å². The Kier molecular flexibility index (Phi) is 4.99. The predicted octanol–water partition coefficient (Wildman–Crippen LogP) is 5.61. The van der Waals surface area contributed by atoms with Crippen LogP contribution in [-0.4, -0.2) is 0 Å². The summed E-state index contributed by atoms with van der Waals surface area (Å²) in [5.41, 5.74) is 0.694. The molecule has 1 saturated carbocycles. The smallest absolute Gasteiger partial charge is 0.159 e. The Morgan fingerprint density at radius 3 is 2.33 bits per heavy atom. The second-order valence-electron chi connectivity index (χ2n) is 5.23. The molecule has 0 aromatic heterocycles. The lowest BCUT2D eigenvalue weighted by Crippen LogP contribution is -2.04. The first-order valence-electron chi connectivity index (χ1n) is 6.76. The molecule has 0 aliphatic heterocycles. The minimum absolute atomic E-state index is 0.205. The van der Waals surface area contributed by atoms with Crippen LogP contribution in [0.15, 0.2) is 18.2 Å². The summed E-state index contributed by atoms with van der Waals surface area (Å²) < 4.78 is 26.0. The average Bonchev–Trinajstić information content (AvgIpc) is 2.61. The maximum Gasteiger partial charge on any atom is 0.159 e. The maximum absolute atomic E-state index is 13.1. The third-order valence-corrected chi connectivity index (χ3v) is 4.25. The van der Waals surface area contributed by atoms with Gasteiger partial charge in [0.25, 0.3) is 0 Å². The molecule has 1 atom stereocenters. The minimum atomic E-state index is -0.808. The van der Waals surface area contributed by atoms with E-state index in [1.165, 1.54) is 44.6 Å². The average molecular weight is 273 g/mol. The van der Waals surface area contributed by atoms with Crippen molar-refractivity contribution in [1.82, 2.24) is 0 Å². The van der Waals surface area contributed by atoms with Gasteiger partial charge >= 0.3 is 0 Å². The van der Waals surface area contributed by atoms with Crippen molar-refractivity contribution in [2.75, 3.05) is 0 Å². The van der Waals surface area contributed by atoms with Crippen molar-refractivity contribution in [3.8, 4) is 0 Å². The quantitative estimate of drug-likeness (QED) is 0.496. The van der Waals surface area contributed by atoms with E-state index < -0.39 is 11.6 Å². The topological polar surface area (TPSA) is 0 Å². The molecule has 2 rings (SSSR count). The van der Waals surface area contributed by atoms with E-state index in [9.17, 15) is 8.78 Å². The van der Waals surface area contributed by atoms with E-state index >= 15 is 0 Å². The minimum Gasteiger partial charge on any atom is -0.204 e. The van der Waals surface area contributed by atoms with E-state index in [-0.39, 0.29) is 5.38 Å². The zero-order chi connectivity index (χ0) is 13.0. The van der Waals surface area contributed by atoms with Gasteiger partial charge < -0.3 is 0 Å². The molecular formula is C15H19ClF2. The highest BCUT2D eigenvalue weighted by atomic mass is 35.5. The van der Waals surface area contributed by atoms with E-state index in [1.807, 2.05) is 0 Å². The summed E-state index contributed by atoms with van der Waals surface area (Å²) in [6.45, 7) is 0. The lowest BCUT2D eigenvalue weighted by atomic mass is 9.92. The van der Waals surface area contributed by atoms with E-state index in [1.54, 1.807) is 6.07 Å². The Balaban J connectivity index is 1.97. The van der Waals surface area contributed by atoms with E-state index in [0.29, 0.717) is 11.5 Å². The molecule has 0 radical (unpaired) electrons. The van der Waals surface area contributed by atoms with E-state index in [0.717, 1.165) is 12.5 Å². The van der Waals surface area contributed by atoms with Gasteiger partial charge in [0.05, 0.1) is 5.38 Å². The maximum atomic E-state index is 13.1. The zero-order valence-corrected chi connectivity index (χ0v) is 11.2. The summed E-state index contributed by atoms with van der Waals surface area (Å²) in [5.74, 6) is -0.987. The molecule has 0 nitrogen and oxygen atoms in total. The van der Waals surface area contributed by atoms with Crippen LogP contribution < -0.4 is 0 Å². The van der Waals surface area contributed by atoms with Crippen molar-refractivity contribution in [1.29, 1.82) is 0 Å². The van der Waals surface area contributed by atoms with Crippen LogP contribution in [0, 0.1) is 17.6 Å². The Morgan fingerprint density at radius 2 is 1.72 bits per heavy atom. The van der Waals surface area contributed by atoms with Crippen LogP contribution in [0.2, 0.25) is 0 Å². The summed E-state index contributed by atoms with van der Waals surface area (Å²) in [6.07, 6.45) is 8.47. The molecule has 1 aromatic rings. The molecule has 0 heterocycles. The van der Waals surface area contributed by atoms with Gasteiger partial charge in [-0.25, -0.2) is 8.78 Å². The van der Waals surface area contributed by atoms with Crippen LogP contribution in [0.3, 0.4) is 0 Å². The van der Waals surface area contributed by atoms with Crippen molar-refractivity contribution in [2.24, 2.45) is 5.92 Å². The van der Waals surface area contributed by atoms with Crippen LogP contribution in [0.4, 0.5) is 8.78 Å². The van der Waals surface area contributed by atoms with Gasteiger partial charge in [0.2, 0.25) is 0 Å². The number of alkyl halides is 1. The Hall–Kier alpha value is -0.630. The van der Waals surface area contributed by atoms with Gasteiger partial charge in [0, 0.05) is 0 Å². The SMILES string of the molecule is Fc1ccc(C(Cl)CC2CCCCCC2)cc1F. The molecule has 0 amide bonds. The molecule has 0 N–H and O–H groups in total. The Labute approximate surface area is 112 Å². The molecule has 100 valence electrons. The fraction of sp³-hybridized carbons (Fsp3) is 0.600. The molecule has 1 aromatic carbocycles. The van der Waals surface area contributed by atoms with Crippen molar-refractivity contribution in [3.63, 3.8) is 0 Å². The number of benzene rings is 1. The molecule has 3 heteroatoms. The standard InChI is InChI=1S/C15H19ClF2/c16-13(9-11-5-3-1-2-4-6-11)12-7-8-14(17)15(18)10-12/h7-8,10-11,13H,1-6,9H2. The molecule has 0 spiro atoms. The second-order valence-corrected chi connectivity index (χ2v) is 5.76. The summed E-state index contributed by atoms with van der Waals surface area (Å²) in [5, 5.41) is -0.205. The highest BCUT2D eigenvalue weighted by molar-refractivity contribution is 6.20. The highest BCUT2D eigenvalue weighted by Gasteiger charge is 2.18. The van der Waals surface area contributed by atoms with Gasteiger partial charge in [-0.2, -0.15) is 0 Å². The summed E-state index contributed by atoms with van der Waals surface area (Å²) in [4.78, 5) is 0. The van der Waals surface area contributed by atoms with Crippen molar-refractivity contribution >= 4 is 11.6 Å². The lowest BCUT2D eigenvalue weighted by Gasteiger charge is -2.18. The fourth-order valence-corrected chi connectivity index (χ4v) is 3.12. The first kappa shape index (κ1) is 13.8. The normalized spacial score (nSPS) is 19.5. The van der Waals surface area contributed by atoms with Crippen LogP contribution in [0.25, 0.3) is 0 Å². The van der Waals surface area contributed by atoms with Gasteiger partial charge in [-0.05, 0) is 30.0 Å². The van der Waals surface area contributed by atoms with Gasteiger partial charge in [0.15, 0.2) is 11.6 Å². The van der Waals surface area contributed by atoms with Gasteiger partial charge in [-0.3, -0.25) is 0 Å². The Bertz CT molecular complexity index is 384. The number of rotatable bonds is 3. The number of halogens is 3. The molecule has 1 aliphatic rings. The van der Waals surface area contributed by atoms with Crippen molar-refractivity contribution in [3.05, 3.63) is 35.4 Å². The zero-order valence-electron chi connectivity index (χ0n) is 10.5. The summed E-state index contributed by atoms with van der Waals surface area (Å²) >= 11 is 6.33. The lowest BCUT2D eigenvalue weighted by molar-refractivity contribution is 0.422. The molecule has 1 aliphatic carbocycles. The largest absolute Gasteiger partial charge is 0.204 e. The monoisotopic (exact) mass is 272 g/mol. The van der Waals surface area contributed by atoms with Crippen molar-refractivity contribution in [2.45, 2.75) is 50.3 Å². The first-order chi connectivity index (χ1) is 8.66. The number of hydrogen-bond acceptors (Lipinski definition) is 0. The Morgan fingerprint density at radius 1 is 1.06 bits per heavy atom. The highest BCUT2D eigenvalue weighted by Crippen LogP contribution is 2.34. The second kappa shape index (κ2) is 6.51. The van der Waals surface area contributed by atoms with Crippen LogP contribution in [0.5, 0.6) is 0 Å². The summed E-state index contributed by atoms with van der Waals surface area (Å²) in [6, 6.07) is 3.98. The first-order valence-corrected chi connectivity index (χ1v) is 7.19. The van der Waals surface area contributed by atoms with Crippen LogP contribution in [-0.2, 0) is 0 Å². The molecular weight excluding hydrogens is 254 g/mol. The molecule has 1 unspecified atom stereocenters. The van der Waals surface area contributed by atoms with Gasteiger partial charge in [-0.1, -0.05) is 44.6 Å². The van der Waals surface area contributed by atoms with Crippen LogP contribution >= 0.6 is 11.6 Å². The predicted molar refractivity (Wildman–Crippen MR) is 70.8 cm³/mol.